The summed E-state index contributed by atoms with van der Waals surface area (Å²) in [5.74, 6) is 0. The Morgan fingerprint density at radius 1 is 0.500 bits per heavy atom. The summed E-state index contributed by atoms with van der Waals surface area (Å²) in [6.07, 6.45) is 16.0. The third-order valence-corrected chi connectivity index (χ3v) is 2.13. The number of hydrogen-bond acceptors (Lipinski definition) is 0. The van der Waals surface area contributed by atoms with Crippen LogP contribution in [0.25, 0.3) is 0 Å². The molecule has 0 aromatic rings. The molecule has 1 aliphatic carbocycles. The summed E-state index contributed by atoms with van der Waals surface area (Å²) in [7, 11) is 0. The highest BCUT2D eigenvalue weighted by Gasteiger charge is 1.96. The molecule has 1 rings (SSSR count). The quantitative estimate of drug-likeness (QED) is 0.480. The zero-order chi connectivity index (χ0) is 7.07. The monoisotopic (exact) mass is 138 g/mol. The van der Waals surface area contributed by atoms with Crippen LogP contribution in [0.15, 0.2) is 0 Å². The van der Waals surface area contributed by atoms with E-state index in [-0.39, 0.29) is 0 Å². The molecule has 0 bridgehead atoms. The molecular weight excluding hydrogens is 120 g/mol. The van der Waals surface area contributed by atoms with Gasteiger partial charge in [0.15, 0.2) is 0 Å². The van der Waals surface area contributed by atoms with Crippen molar-refractivity contribution in [3.05, 3.63) is 12.8 Å². The van der Waals surface area contributed by atoms with Crippen LogP contribution in [0.3, 0.4) is 0 Å². The highest BCUT2D eigenvalue weighted by Crippen LogP contribution is 2.14. The first-order valence-electron chi connectivity index (χ1n) is 4.63. The van der Waals surface area contributed by atoms with Gasteiger partial charge in [0.2, 0.25) is 0 Å². The van der Waals surface area contributed by atoms with Crippen LogP contribution in [0.5, 0.6) is 0 Å². The molecule has 0 nitrogen and oxygen atoms in total. The summed E-state index contributed by atoms with van der Waals surface area (Å²) in [5, 5.41) is 0. The largest absolute Gasteiger partial charge is 0.0533 e. The van der Waals surface area contributed by atoms with Crippen molar-refractivity contribution in [1.82, 2.24) is 0 Å². The molecule has 0 aromatic heterocycles. The minimum Gasteiger partial charge on any atom is -0.0533 e. The molecule has 0 aliphatic heterocycles. The summed E-state index contributed by atoms with van der Waals surface area (Å²) in [6.45, 7) is 0. The van der Waals surface area contributed by atoms with Gasteiger partial charge in [-0.15, -0.1) is 0 Å². The first-order valence-corrected chi connectivity index (χ1v) is 4.63. The van der Waals surface area contributed by atoms with E-state index in [0.29, 0.717) is 0 Å². The average molecular weight is 138 g/mol. The fraction of sp³-hybridized carbons (Fsp3) is 0.800. The van der Waals surface area contributed by atoms with Gasteiger partial charge in [-0.1, -0.05) is 51.4 Å². The van der Waals surface area contributed by atoms with Crippen molar-refractivity contribution in [2.45, 2.75) is 51.4 Å². The van der Waals surface area contributed by atoms with Crippen molar-refractivity contribution in [2.24, 2.45) is 0 Å². The van der Waals surface area contributed by atoms with E-state index in [0.717, 1.165) is 0 Å². The Kier molecular flexibility index (Phi) is 4.67. The Morgan fingerprint density at radius 3 is 1.60 bits per heavy atom. The number of hydrogen-bond donors (Lipinski definition) is 0. The van der Waals surface area contributed by atoms with E-state index < -0.39 is 0 Å². The fourth-order valence-corrected chi connectivity index (χ4v) is 1.45. The Morgan fingerprint density at radius 2 is 1.00 bits per heavy atom. The van der Waals surface area contributed by atoms with Crippen molar-refractivity contribution in [1.29, 1.82) is 0 Å². The lowest BCUT2D eigenvalue weighted by Gasteiger charge is -2.05. The normalized spacial score (nSPS) is 24.0. The molecule has 58 valence electrons. The third-order valence-electron chi connectivity index (χ3n) is 2.13. The van der Waals surface area contributed by atoms with Gasteiger partial charge in [0.1, 0.15) is 0 Å². The summed E-state index contributed by atoms with van der Waals surface area (Å²) in [4.78, 5) is 0. The smallest absolute Gasteiger partial charge is 0.0386 e. The predicted molar refractivity (Wildman–Crippen MR) is 45.5 cm³/mol. The highest BCUT2D eigenvalue weighted by atomic mass is 14.0. The highest BCUT2D eigenvalue weighted by molar-refractivity contribution is 4.72. The van der Waals surface area contributed by atoms with Crippen LogP contribution in [0.4, 0.5) is 0 Å². The molecule has 1 saturated carbocycles. The van der Waals surface area contributed by atoms with Crippen molar-refractivity contribution >= 4 is 0 Å². The Labute approximate surface area is 65.0 Å². The van der Waals surface area contributed by atoms with Crippen LogP contribution in [-0.4, -0.2) is 0 Å². The standard InChI is InChI=1S/C10H18/c1-2-4-6-8-10-9-7-5-3-1/h1,8H,2-7,9-10H2. The molecular formula is C10H18. The minimum absolute atomic E-state index is 1.34. The topological polar surface area (TPSA) is 0 Å². The summed E-state index contributed by atoms with van der Waals surface area (Å²) in [6, 6.07) is 0. The lowest BCUT2D eigenvalue weighted by molar-refractivity contribution is 0.611. The van der Waals surface area contributed by atoms with Gasteiger partial charge in [0, 0.05) is 0 Å². The van der Waals surface area contributed by atoms with Crippen LogP contribution in [0.1, 0.15) is 51.4 Å². The fourth-order valence-electron chi connectivity index (χ4n) is 1.45. The number of rotatable bonds is 0. The van der Waals surface area contributed by atoms with Crippen molar-refractivity contribution < 1.29 is 0 Å². The lowest BCUT2D eigenvalue weighted by atomic mass is 10.0. The van der Waals surface area contributed by atoms with E-state index in [9.17, 15) is 0 Å². The van der Waals surface area contributed by atoms with Crippen LogP contribution in [-0.2, 0) is 0 Å². The van der Waals surface area contributed by atoms with Gasteiger partial charge in [-0.2, -0.15) is 0 Å². The second-order valence-electron chi connectivity index (χ2n) is 3.15. The van der Waals surface area contributed by atoms with Gasteiger partial charge < -0.3 is 0 Å². The van der Waals surface area contributed by atoms with E-state index in [4.69, 9.17) is 0 Å². The zero-order valence-electron chi connectivity index (χ0n) is 6.81. The molecule has 0 heteroatoms. The first kappa shape index (κ1) is 8.10. The molecule has 0 heterocycles. The van der Waals surface area contributed by atoms with Crippen molar-refractivity contribution in [3.8, 4) is 0 Å². The molecule has 0 aromatic carbocycles. The molecule has 0 saturated heterocycles. The second-order valence-corrected chi connectivity index (χ2v) is 3.15. The molecule has 10 heavy (non-hydrogen) atoms. The molecule has 0 amide bonds. The van der Waals surface area contributed by atoms with E-state index >= 15 is 0 Å². The van der Waals surface area contributed by atoms with Gasteiger partial charge >= 0.3 is 0 Å². The Balaban J connectivity index is 2.00. The Hall–Kier alpha value is 0. The van der Waals surface area contributed by atoms with E-state index in [2.05, 4.69) is 12.8 Å². The van der Waals surface area contributed by atoms with Gasteiger partial charge in [0.25, 0.3) is 0 Å². The van der Waals surface area contributed by atoms with Gasteiger partial charge in [-0.25, -0.2) is 0 Å². The Bertz CT molecular complexity index is 33.2. The van der Waals surface area contributed by atoms with E-state index in [1.54, 1.807) is 0 Å². The molecule has 1 fully saturated rings. The molecule has 0 N–H and O–H groups in total. The van der Waals surface area contributed by atoms with Crippen LogP contribution >= 0.6 is 0 Å². The zero-order valence-corrected chi connectivity index (χ0v) is 6.81. The molecule has 0 unspecified atom stereocenters. The maximum atomic E-state index is 2.46. The third kappa shape index (κ3) is 3.92. The lowest BCUT2D eigenvalue weighted by Crippen LogP contribution is -1.87. The molecule has 0 atom stereocenters. The predicted octanol–water partition coefficient (Wildman–Crippen LogP) is 3.53. The van der Waals surface area contributed by atoms with Gasteiger partial charge in [0.05, 0.1) is 0 Å². The van der Waals surface area contributed by atoms with E-state index in [1.165, 1.54) is 51.4 Å². The van der Waals surface area contributed by atoms with Crippen molar-refractivity contribution in [3.63, 3.8) is 0 Å². The van der Waals surface area contributed by atoms with Gasteiger partial charge in [-0.05, 0) is 12.8 Å². The van der Waals surface area contributed by atoms with Crippen LogP contribution in [0.2, 0.25) is 0 Å². The molecule has 0 spiro atoms. The minimum atomic E-state index is 1.34. The summed E-state index contributed by atoms with van der Waals surface area (Å²) >= 11 is 0. The van der Waals surface area contributed by atoms with Gasteiger partial charge in [-0.3, -0.25) is 0 Å². The second kappa shape index (κ2) is 5.76. The SMILES string of the molecule is [CH]1CCC[CH]CCCCC1. The summed E-state index contributed by atoms with van der Waals surface area (Å²) < 4.78 is 0. The van der Waals surface area contributed by atoms with Crippen LogP contribution in [0, 0.1) is 12.8 Å². The maximum absolute atomic E-state index is 2.46. The average Bonchev–Trinajstić information content (AvgIpc) is 2.01. The van der Waals surface area contributed by atoms with E-state index in [1.807, 2.05) is 0 Å². The molecule has 2 radical (unpaired) electrons. The van der Waals surface area contributed by atoms with Crippen molar-refractivity contribution in [2.75, 3.05) is 0 Å². The summed E-state index contributed by atoms with van der Waals surface area (Å²) in [5.41, 5.74) is 0. The maximum Gasteiger partial charge on any atom is -0.0386 e. The first-order chi connectivity index (χ1) is 5.00. The molecule has 1 aliphatic rings. The van der Waals surface area contributed by atoms with Crippen LogP contribution < -0.4 is 0 Å².